The van der Waals surface area contributed by atoms with Crippen molar-refractivity contribution in [2.75, 3.05) is 25.0 Å². The van der Waals surface area contributed by atoms with Crippen LogP contribution >= 0.6 is 0 Å². The molecule has 8 heteroatoms. The quantitative estimate of drug-likeness (QED) is 0.337. The van der Waals surface area contributed by atoms with Gasteiger partial charge in [-0.05, 0) is 61.2 Å². The van der Waals surface area contributed by atoms with Crippen molar-refractivity contribution in [1.82, 2.24) is 20.1 Å². The minimum atomic E-state index is 0.00207. The number of H-pyrrole nitrogens is 1. The minimum Gasteiger partial charge on any atom is -0.457 e. The number of ether oxygens (including phenoxy) is 2. The maximum Gasteiger partial charge on any atom is 0.245 e. The van der Waals surface area contributed by atoms with Crippen molar-refractivity contribution in [1.29, 1.82) is 0 Å². The van der Waals surface area contributed by atoms with E-state index in [0.717, 1.165) is 49.4 Å². The second-order valence-electron chi connectivity index (χ2n) is 8.45. The van der Waals surface area contributed by atoms with Gasteiger partial charge in [0.1, 0.15) is 28.4 Å². The number of carbonyl (C=O) groups excluding carboxylic acids is 1. The van der Waals surface area contributed by atoms with E-state index in [4.69, 9.17) is 9.47 Å². The second-order valence-corrected chi connectivity index (χ2v) is 8.45. The second kappa shape index (κ2) is 10.3. The van der Waals surface area contributed by atoms with Crippen LogP contribution in [0.4, 0.5) is 5.82 Å². The topological polar surface area (TPSA) is 92.4 Å². The molecule has 1 saturated heterocycles. The molecule has 2 N–H and O–H groups in total. The first-order chi connectivity index (χ1) is 17.2. The van der Waals surface area contributed by atoms with Crippen LogP contribution in [-0.2, 0) is 4.79 Å². The summed E-state index contributed by atoms with van der Waals surface area (Å²) >= 11 is 0. The maximum absolute atomic E-state index is 11.8. The van der Waals surface area contributed by atoms with E-state index in [2.05, 4.69) is 27.1 Å². The van der Waals surface area contributed by atoms with Crippen molar-refractivity contribution < 1.29 is 14.3 Å². The highest BCUT2D eigenvalue weighted by atomic mass is 16.5. The molecule has 0 aliphatic carbocycles. The molecule has 1 fully saturated rings. The molecule has 2 aromatic heterocycles. The van der Waals surface area contributed by atoms with Crippen molar-refractivity contribution >= 4 is 22.8 Å². The number of hydrogen-bond donors (Lipinski definition) is 2. The SMILES string of the molecule is C=CC(=O)N1CCC(CNc2n[nH]c3nccc(Oc4ccc(Oc5ccccc5)cc4)c23)CC1. The highest BCUT2D eigenvalue weighted by molar-refractivity contribution is 5.93. The molecular formula is C27H27N5O3. The number of rotatable bonds is 8. The number of fused-ring (bicyclic) bond motifs is 1. The average molecular weight is 470 g/mol. The molecule has 0 radical (unpaired) electrons. The van der Waals surface area contributed by atoms with Gasteiger partial charge in [0.05, 0.1) is 0 Å². The van der Waals surface area contributed by atoms with Crippen LogP contribution in [0.5, 0.6) is 23.0 Å². The number of nitrogens with one attached hydrogen (secondary N) is 2. The van der Waals surface area contributed by atoms with E-state index in [1.807, 2.05) is 65.6 Å². The fraction of sp³-hybridized carbons (Fsp3) is 0.222. The zero-order valence-electron chi connectivity index (χ0n) is 19.3. The zero-order valence-corrected chi connectivity index (χ0v) is 19.3. The number of benzene rings is 2. The number of amides is 1. The average Bonchev–Trinajstić information content (AvgIpc) is 3.33. The van der Waals surface area contributed by atoms with Crippen LogP contribution in [0.25, 0.3) is 11.0 Å². The predicted molar refractivity (Wildman–Crippen MR) is 135 cm³/mol. The van der Waals surface area contributed by atoms with Gasteiger partial charge in [-0.15, -0.1) is 0 Å². The molecule has 0 atom stereocenters. The summed E-state index contributed by atoms with van der Waals surface area (Å²) < 4.78 is 12.1. The number of nitrogens with zero attached hydrogens (tertiary/aromatic N) is 3. The summed E-state index contributed by atoms with van der Waals surface area (Å²) in [4.78, 5) is 18.0. The first-order valence-corrected chi connectivity index (χ1v) is 11.7. The van der Waals surface area contributed by atoms with Crippen molar-refractivity contribution in [2.45, 2.75) is 12.8 Å². The molecular weight excluding hydrogens is 442 g/mol. The Balaban J connectivity index is 1.25. The first kappa shape index (κ1) is 22.5. The Hall–Kier alpha value is -4.33. The third-order valence-corrected chi connectivity index (χ3v) is 6.11. The molecule has 35 heavy (non-hydrogen) atoms. The zero-order chi connectivity index (χ0) is 24.0. The van der Waals surface area contributed by atoms with Crippen LogP contribution in [0.2, 0.25) is 0 Å². The highest BCUT2D eigenvalue weighted by Gasteiger charge is 2.22. The Morgan fingerprint density at radius 3 is 2.43 bits per heavy atom. The number of para-hydroxylation sites is 1. The predicted octanol–water partition coefficient (Wildman–Crippen LogP) is 5.38. The highest BCUT2D eigenvalue weighted by Crippen LogP contribution is 2.34. The standard InChI is InChI=1S/C27H27N5O3/c1-2-24(33)32-16-13-19(14-17-32)18-29-27-25-23(12-15-28-26(25)30-31-27)35-22-10-8-21(9-11-22)34-20-6-4-3-5-7-20/h2-12,15,19H,1,13-14,16-18H2,(H2,28,29,30,31). The molecule has 0 saturated carbocycles. The molecule has 0 unspecified atom stereocenters. The van der Waals surface area contributed by atoms with Gasteiger partial charge in [0, 0.05) is 31.9 Å². The van der Waals surface area contributed by atoms with E-state index in [1.54, 1.807) is 6.20 Å². The molecule has 2 aromatic carbocycles. The summed E-state index contributed by atoms with van der Waals surface area (Å²) in [6, 6.07) is 19.0. The van der Waals surface area contributed by atoms with Crippen LogP contribution in [0.1, 0.15) is 12.8 Å². The van der Waals surface area contributed by atoms with Gasteiger partial charge in [0.15, 0.2) is 11.5 Å². The van der Waals surface area contributed by atoms with Gasteiger partial charge in [-0.1, -0.05) is 24.8 Å². The van der Waals surface area contributed by atoms with Crippen LogP contribution in [0, 0.1) is 5.92 Å². The Morgan fingerprint density at radius 1 is 1.03 bits per heavy atom. The number of aromatic amines is 1. The Kier molecular flexibility index (Phi) is 6.61. The Bertz CT molecular complexity index is 1300. The van der Waals surface area contributed by atoms with E-state index < -0.39 is 0 Å². The van der Waals surface area contributed by atoms with Gasteiger partial charge in [0.2, 0.25) is 5.91 Å². The molecule has 5 rings (SSSR count). The molecule has 1 amide bonds. The van der Waals surface area contributed by atoms with Gasteiger partial charge in [0.25, 0.3) is 0 Å². The lowest BCUT2D eigenvalue weighted by molar-refractivity contribution is -0.127. The van der Waals surface area contributed by atoms with E-state index in [-0.39, 0.29) is 5.91 Å². The van der Waals surface area contributed by atoms with Gasteiger partial charge >= 0.3 is 0 Å². The largest absolute Gasteiger partial charge is 0.457 e. The van der Waals surface area contributed by atoms with Gasteiger partial charge in [-0.3, -0.25) is 9.89 Å². The van der Waals surface area contributed by atoms with Crippen LogP contribution in [0.3, 0.4) is 0 Å². The molecule has 3 heterocycles. The number of anilines is 1. The number of likely N-dealkylation sites (tertiary alicyclic amines) is 1. The number of hydrogen-bond acceptors (Lipinski definition) is 6. The van der Waals surface area contributed by atoms with Gasteiger partial charge in [-0.25, -0.2) is 4.98 Å². The fourth-order valence-corrected chi connectivity index (χ4v) is 4.19. The van der Waals surface area contributed by atoms with Gasteiger partial charge < -0.3 is 19.7 Å². The van der Waals surface area contributed by atoms with Gasteiger partial charge in [-0.2, -0.15) is 5.10 Å². The van der Waals surface area contributed by atoms with E-state index >= 15 is 0 Å². The van der Waals surface area contributed by atoms with Crippen LogP contribution in [0.15, 0.2) is 79.5 Å². The summed E-state index contributed by atoms with van der Waals surface area (Å²) in [6.45, 7) is 5.83. The summed E-state index contributed by atoms with van der Waals surface area (Å²) in [7, 11) is 0. The summed E-state index contributed by atoms with van der Waals surface area (Å²) in [5.41, 5.74) is 0.653. The molecule has 4 aromatic rings. The van der Waals surface area contributed by atoms with Crippen molar-refractivity contribution in [2.24, 2.45) is 5.92 Å². The monoisotopic (exact) mass is 469 g/mol. The summed E-state index contributed by atoms with van der Waals surface area (Å²) in [5, 5.41) is 11.7. The third-order valence-electron chi connectivity index (χ3n) is 6.11. The Labute approximate surface area is 203 Å². The molecule has 8 nitrogen and oxygen atoms in total. The van der Waals surface area contributed by atoms with E-state index in [1.165, 1.54) is 6.08 Å². The molecule has 0 bridgehead atoms. The lowest BCUT2D eigenvalue weighted by Crippen LogP contribution is -2.39. The smallest absolute Gasteiger partial charge is 0.245 e. The molecule has 1 aliphatic rings. The lowest BCUT2D eigenvalue weighted by atomic mass is 9.96. The Morgan fingerprint density at radius 2 is 1.71 bits per heavy atom. The van der Waals surface area contributed by atoms with E-state index in [9.17, 15) is 4.79 Å². The molecule has 1 aliphatic heterocycles. The fourth-order valence-electron chi connectivity index (χ4n) is 4.19. The first-order valence-electron chi connectivity index (χ1n) is 11.7. The van der Waals surface area contributed by atoms with E-state index in [0.29, 0.717) is 28.9 Å². The third kappa shape index (κ3) is 5.27. The number of aromatic nitrogens is 3. The number of piperidine rings is 1. The minimum absolute atomic E-state index is 0.00207. The van der Waals surface area contributed by atoms with Crippen LogP contribution < -0.4 is 14.8 Å². The number of pyridine rings is 1. The van der Waals surface area contributed by atoms with Crippen molar-refractivity contribution in [3.8, 4) is 23.0 Å². The van der Waals surface area contributed by atoms with Crippen LogP contribution in [-0.4, -0.2) is 45.6 Å². The molecule has 178 valence electrons. The number of carbonyl (C=O) groups is 1. The maximum atomic E-state index is 11.8. The lowest BCUT2D eigenvalue weighted by Gasteiger charge is -2.31. The summed E-state index contributed by atoms with van der Waals surface area (Å²) in [5.74, 6) is 4.02. The molecule has 0 spiro atoms. The van der Waals surface area contributed by atoms with Crippen molar-refractivity contribution in [3.63, 3.8) is 0 Å². The van der Waals surface area contributed by atoms with Crippen molar-refractivity contribution in [3.05, 3.63) is 79.5 Å². The summed E-state index contributed by atoms with van der Waals surface area (Å²) in [6.07, 6.45) is 4.95. The normalized spacial score (nSPS) is 14.0.